The van der Waals surface area contributed by atoms with Gasteiger partial charge < -0.3 is 10.1 Å². The summed E-state index contributed by atoms with van der Waals surface area (Å²) in [5.41, 5.74) is -2.90. The van der Waals surface area contributed by atoms with E-state index in [4.69, 9.17) is 0 Å². The van der Waals surface area contributed by atoms with Crippen molar-refractivity contribution in [2.24, 2.45) is 0 Å². The number of nitrogens with one attached hydrogen (secondary N) is 1. The summed E-state index contributed by atoms with van der Waals surface area (Å²) in [6.45, 7) is -0.798. The van der Waals surface area contributed by atoms with Gasteiger partial charge in [-0.25, -0.2) is 4.79 Å². The highest BCUT2D eigenvalue weighted by atomic mass is 19.4. The minimum Gasteiger partial charge on any atom is -0.466 e. The zero-order chi connectivity index (χ0) is 23.9. The summed E-state index contributed by atoms with van der Waals surface area (Å²) in [7, 11) is 0.834. The minimum absolute atomic E-state index is 0.0470. The Morgan fingerprint density at radius 1 is 0.970 bits per heavy atom. The van der Waals surface area contributed by atoms with Crippen molar-refractivity contribution < 1.29 is 27.5 Å². The Labute approximate surface area is 188 Å². The minimum atomic E-state index is -5.25. The molecule has 0 aliphatic rings. The van der Waals surface area contributed by atoms with Gasteiger partial charge in [0.25, 0.3) is 11.6 Å². The van der Waals surface area contributed by atoms with Crippen molar-refractivity contribution in [1.29, 1.82) is 0 Å². The maximum Gasteiger partial charge on any atom is 0.436 e. The molecule has 1 amide bonds. The molecule has 7 nitrogen and oxygen atoms in total. The van der Waals surface area contributed by atoms with Crippen molar-refractivity contribution >= 4 is 11.9 Å². The first-order valence-corrected chi connectivity index (χ1v) is 9.84. The van der Waals surface area contributed by atoms with Gasteiger partial charge >= 0.3 is 12.1 Å². The molecule has 1 N–H and O–H groups in total. The number of halogens is 3. The van der Waals surface area contributed by atoms with Gasteiger partial charge in [0.2, 0.25) is 0 Å². The van der Waals surface area contributed by atoms with Crippen LogP contribution in [-0.2, 0) is 22.6 Å². The molecule has 0 radical (unpaired) electrons. The molecule has 0 fully saturated rings. The fourth-order valence-corrected chi connectivity index (χ4v) is 3.29. The third kappa shape index (κ3) is 5.35. The summed E-state index contributed by atoms with van der Waals surface area (Å²) in [4.78, 5) is 34.5. The monoisotopic (exact) mass is 458 g/mol. The summed E-state index contributed by atoms with van der Waals surface area (Å²) < 4.78 is 48.8. The number of pyridine rings is 2. The summed E-state index contributed by atoms with van der Waals surface area (Å²) >= 11 is 0. The van der Waals surface area contributed by atoms with Gasteiger partial charge in [-0.1, -0.05) is 30.3 Å². The zero-order valence-electron chi connectivity index (χ0n) is 17.6. The molecule has 0 saturated carbocycles. The fraction of sp³-hybridized carbons (Fsp3) is 0.217. The van der Waals surface area contributed by atoms with E-state index in [1.54, 1.807) is 30.3 Å². The Morgan fingerprint density at radius 3 is 2.27 bits per heavy atom. The van der Waals surface area contributed by atoms with Crippen LogP contribution < -0.4 is 5.32 Å². The lowest BCUT2D eigenvalue weighted by Crippen LogP contribution is -2.73. The number of carbonyl (C=O) groups is 2. The Balaban J connectivity index is 2.14. The third-order valence-corrected chi connectivity index (χ3v) is 4.87. The topological polar surface area (TPSA) is 84.4 Å². The van der Waals surface area contributed by atoms with E-state index in [-0.39, 0.29) is 17.8 Å². The van der Waals surface area contributed by atoms with Gasteiger partial charge in [-0.3, -0.25) is 19.7 Å². The van der Waals surface area contributed by atoms with E-state index < -0.39 is 30.3 Å². The second-order valence-corrected chi connectivity index (χ2v) is 7.06. The van der Waals surface area contributed by atoms with Crippen molar-refractivity contribution in [2.75, 3.05) is 7.11 Å². The highest BCUT2D eigenvalue weighted by molar-refractivity contribution is 5.98. The molecule has 10 heteroatoms. The second kappa shape index (κ2) is 10.2. The molecule has 0 aliphatic carbocycles. The van der Waals surface area contributed by atoms with Crippen LogP contribution in [-0.4, -0.2) is 45.7 Å². The van der Waals surface area contributed by atoms with E-state index in [0.29, 0.717) is 5.56 Å². The van der Waals surface area contributed by atoms with Crippen LogP contribution >= 0.6 is 0 Å². The number of aromatic nitrogens is 2. The first-order valence-electron chi connectivity index (χ1n) is 9.84. The normalized spacial score (nSPS) is 13.2. The molecule has 0 spiro atoms. The van der Waals surface area contributed by atoms with Crippen molar-refractivity contribution in [1.82, 2.24) is 20.2 Å². The number of carbonyl (C=O) groups excluding carboxylic acids is 2. The van der Waals surface area contributed by atoms with E-state index in [1.807, 2.05) is 5.32 Å². The number of amides is 1. The molecular formula is C23H21F3N4O3. The molecule has 0 bridgehead atoms. The van der Waals surface area contributed by atoms with Crippen LogP contribution in [0.3, 0.4) is 0 Å². The third-order valence-electron chi connectivity index (χ3n) is 4.87. The lowest BCUT2D eigenvalue weighted by atomic mass is 10.0. The Morgan fingerprint density at radius 2 is 1.70 bits per heavy atom. The number of hydrogen-bond acceptors (Lipinski definition) is 6. The van der Waals surface area contributed by atoms with Crippen molar-refractivity contribution in [2.45, 2.75) is 24.9 Å². The highest BCUT2D eigenvalue weighted by Crippen LogP contribution is 2.37. The molecule has 0 unspecified atom stereocenters. The molecule has 2 aromatic heterocycles. The summed E-state index contributed by atoms with van der Waals surface area (Å²) in [6, 6.07) is 15.2. The van der Waals surface area contributed by atoms with Crippen molar-refractivity contribution in [3.8, 4) is 0 Å². The Kier molecular flexibility index (Phi) is 7.39. The maximum atomic E-state index is 14.8. The van der Waals surface area contributed by atoms with Crippen molar-refractivity contribution in [3.05, 3.63) is 96.1 Å². The number of esters is 1. The first kappa shape index (κ1) is 23.9. The lowest BCUT2D eigenvalue weighted by molar-refractivity contribution is -0.249. The molecule has 3 rings (SSSR count). The van der Waals surface area contributed by atoms with Gasteiger partial charge in [-0.15, -0.1) is 0 Å². The number of methoxy groups -OCH3 is 1. The molecular weight excluding hydrogens is 437 g/mol. The largest absolute Gasteiger partial charge is 0.466 e. The van der Waals surface area contributed by atoms with Crippen LogP contribution in [0.15, 0.2) is 79.3 Å². The van der Waals surface area contributed by atoms with E-state index in [0.717, 1.165) is 12.0 Å². The smallest absolute Gasteiger partial charge is 0.436 e. The molecule has 1 atom stereocenters. The Hall–Kier alpha value is -3.79. The summed E-state index contributed by atoms with van der Waals surface area (Å²) in [5, 5.41) is 1.92. The van der Waals surface area contributed by atoms with E-state index >= 15 is 0 Å². The maximum absolute atomic E-state index is 14.8. The molecule has 0 aliphatic heterocycles. The molecule has 3 aromatic rings. The number of rotatable bonds is 8. The average molecular weight is 458 g/mol. The quantitative estimate of drug-likeness (QED) is 0.412. The molecule has 33 heavy (non-hydrogen) atoms. The van der Waals surface area contributed by atoms with Crippen LogP contribution in [0.5, 0.6) is 0 Å². The van der Waals surface area contributed by atoms with Gasteiger partial charge in [0.05, 0.1) is 12.8 Å². The standard InChI is InChI=1S/C23H21F3N4O3/c1-33-21(32)22(23(24,25)26,29-20(31)18-9-3-2-4-10-18)30(15-17-8-7-12-27-14-17)16-19-11-5-6-13-28-19/h2-14H,15-16H2,1H3,(H,29,31)/t22-/m1/s1. The van der Waals surface area contributed by atoms with Gasteiger partial charge in [0.1, 0.15) is 0 Å². The molecule has 2 heterocycles. The number of benzene rings is 1. The zero-order valence-corrected chi connectivity index (χ0v) is 17.6. The predicted octanol–water partition coefficient (Wildman–Crippen LogP) is 3.34. The second-order valence-electron chi connectivity index (χ2n) is 7.06. The van der Waals surface area contributed by atoms with Crippen molar-refractivity contribution in [3.63, 3.8) is 0 Å². The molecule has 0 saturated heterocycles. The summed E-state index contributed by atoms with van der Waals surface area (Å²) in [6.07, 6.45) is -0.973. The van der Waals surface area contributed by atoms with E-state index in [1.165, 1.54) is 48.9 Å². The highest BCUT2D eigenvalue weighted by Gasteiger charge is 2.66. The van der Waals surface area contributed by atoms with Crippen LogP contribution in [0.1, 0.15) is 21.6 Å². The summed E-state index contributed by atoms with van der Waals surface area (Å²) in [5.74, 6) is -2.77. The molecule has 172 valence electrons. The lowest BCUT2D eigenvalue weighted by Gasteiger charge is -2.42. The number of ether oxygens (including phenoxy) is 1. The van der Waals surface area contributed by atoms with Crippen LogP contribution in [0.25, 0.3) is 0 Å². The van der Waals surface area contributed by atoms with E-state index in [9.17, 15) is 22.8 Å². The van der Waals surface area contributed by atoms with Crippen LogP contribution in [0.4, 0.5) is 13.2 Å². The van der Waals surface area contributed by atoms with Gasteiger partial charge in [-0.05, 0) is 35.9 Å². The van der Waals surface area contributed by atoms with E-state index in [2.05, 4.69) is 14.7 Å². The van der Waals surface area contributed by atoms with Gasteiger partial charge in [0, 0.05) is 37.2 Å². The average Bonchev–Trinajstić information content (AvgIpc) is 2.82. The predicted molar refractivity (Wildman–Crippen MR) is 112 cm³/mol. The SMILES string of the molecule is COC(=O)[C@@](NC(=O)c1ccccc1)(N(Cc1cccnc1)Cc1ccccn1)C(F)(F)F. The number of nitrogens with zero attached hydrogens (tertiary/aromatic N) is 3. The van der Waals surface area contributed by atoms with Crippen LogP contribution in [0, 0.1) is 0 Å². The fourth-order valence-electron chi connectivity index (χ4n) is 3.29. The number of alkyl halides is 3. The molecule has 1 aromatic carbocycles. The van der Waals surface area contributed by atoms with Crippen LogP contribution in [0.2, 0.25) is 0 Å². The van der Waals surface area contributed by atoms with Gasteiger partial charge in [0.15, 0.2) is 0 Å². The first-order chi connectivity index (χ1) is 15.8. The van der Waals surface area contributed by atoms with Gasteiger partial charge in [-0.2, -0.15) is 13.2 Å². The Bertz CT molecular complexity index is 1030. The number of hydrogen-bond donors (Lipinski definition) is 1.